The molecule has 0 aromatic heterocycles. The van der Waals surface area contributed by atoms with Gasteiger partial charge >= 0.3 is 5.97 Å². The van der Waals surface area contributed by atoms with Crippen molar-refractivity contribution >= 4 is 33.5 Å². The molecule has 0 aliphatic carbocycles. The summed E-state index contributed by atoms with van der Waals surface area (Å²) >= 11 is 6.03. The molecule has 1 aliphatic heterocycles. The first-order chi connectivity index (χ1) is 12.2. The first-order valence-electron chi connectivity index (χ1n) is 8.35. The maximum Gasteiger partial charge on any atom is 0.309 e. The molecule has 1 N–H and O–H groups in total. The molecule has 1 fully saturated rings. The Kier molecular flexibility index (Phi) is 7.02. The Morgan fingerprint density at radius 1 is 1.31 bits per heavy atom. The summed E-state index contributed by atoms with van der Waals surface area (Å²) in [6, 6.07) is 7.15. The van der Waals surface area contributed by atoms with E-state index in [1.165, 1.54) is 11.2 Å². The molecular weight excluding hydrogens is 380 g/mol. The summed E-state index contributed by atoms with van der Waals surface area (Å²) in [5.74, 6) is -1.28. The van der Waals surface area contributed by atoms with Gasteiger partial charge in [0.1, 0.15) is 0 Å². The fourth-order valence-electron chi connectivity index (χ4n) is 2.71. The molecule has 144 valence electrons. The third-order valence-electron chi connectivity index (χ3n) is 4.33. The summed E-state index contributed by atoms with van der Waals surface area (Å²) in [6.07, 6.45) is 0.995. The lowest BCUT2D eigenvalue weighted by Gasteiger charge is -2.29. The van der Waals surface area contributed by atoms with E-state index in [2.05, 4.69) is 5.32 Å². The number of sulfonamides is 1. The number of ether oxygens (including phenoxy) is 1. The summed E-state index contributed by atoms with van der Waals surface area (Å²) in [6.45, 7) is 2.32. The minimum absolute atomic E-state index is 0.243. The van der Waals surface area contributed by atoms with Crippen molar-refractivity contribution in [3.63, 3.8) is 0 Å². The first kappa shape index (κ1) is 20.7. The Morgan fingerprint density at radius 3 is 2.50 bits per heavy atom. The van der Waals surface area contributed by atoms with Crippen LogP contribution >= 0.6 is 11.6 Å². The van der Waals surface area contributed by atoms with Crippen molar-refractivity contribution < 1.29 is 22.7 Å². The molecule has 0 spiro atoms. The van der Waals surface area contributed by atoms with Gasteiger partial charge < -0.3 is 10.1 Å². The molecule has 9 heteroatoms. The molecule has 2 rings (SSSR count). The summed E-state index contributed by atoms with van der Waals surface area (Å²) in [4.78, 5) is 24.3. The highest BCUT2D eigenvalue weighted by Gasteiger charge is 2.31. The lowest BCUT2D eigenvalue weighted by Crippen LogP contribution is -2.42. The lowest BCUT2D eigenvalue weighted by atomic mass is 9.98. The van der Waals surface area contributed by atoms with Gasteiger partial charge in [0.25, 0.3) is 5.91 Å². The monoisotopic (exact) mass is 402 g/mol. The molecule has 26 heavy (non-hydrogen) atoms. The van der Waals surface area contributed by atoms with Gasteiger partial charge in [-0.05, 0) is 31.4 Å². The molecule has 7 nitrogen and oxygen atoms in total. The molecule has 1 unspecified atom stereocenters. The van der Waals surface area contributed by atoms with Crippen LogP contribution < -0.4 is 5.32 Å². The maximum atomic E-state index is 12.2. The SMILES string of the molecule is CC(OC(=O)C1CCN(S(C)(=O)=O)CC1)C(=O)NCc1ccccc1Cl. The van der Waals surface area contributed by atoms with Gasteiger partial charge in [0, 0.05) is 24.7 Å². The van der Waals surface area contributed by atoms with Crippen LogP contribution in [-0.2, 0) is 30.9 Å². The predicted octanol–water partition coefficient (Wildman–Crippen LogP) is 1.56. The van der Waals surface area contributed by atoms with Gasteiger partial charge in [-0.1, -0.05) is 29.8 Å². The van der Waals surface area contributed by atoms with E-state index in [-0.39, 0.29) is 19.6 Å². The van der Waals surface area contributed by atoms with Crippen molar-refractivity contribution in [2.24, 2.45) is 5.92 Å². The number of carbonyl (C=O) groups is 2. The van der Waals surface area contributed by atoms with Gasteiger partial charge in [0.05, 0.1) is 12.2 Å². The van der Waals surface area contributed by atoms with Crippen LogP contribution in [0.5, 0.6) is 0 Å². The van der Waals surface area contributed by atoms with Gasteiger partial charge in [-0.3, -0.25) is 9.59 Å². The average Bonchev–Trinajstić information content (AvgIpc) is 2.60. The quantitative estimate of drug-likeness (QED) is 0.729. The summed E-state index contributed by atoms with van der Waals surface area (Å²) < 4.78 is 29.6. The van der Waals surface area contributed by atoms with E-state index >= 15 is 0 Å². The summed E-state index contributed by atoms with van der Waals surface area (Å²) in [7, 11) is -3.24. The van der Waals surface area contributed by atoms with Crippen LogP contribution in [0.2, 0.25) is 5.02 Å². The normalized spacial score (nSPS) is 17.5. The predicted molar refractivity (Wildman–Crippen MR) is 98.0 cm³/mol. The molecule has 1 atom stereocenters. The van der Waals surface area contributed by atoms with Gasteiger partial charge in [0.2, 0.25) is 10.0 Å². The molecular formula is C17H23ClN2O5S. The number of hydrogen-bond donors (Lipinski definition) is 1. The fourth-order valence-corrected chi connectivity index (χ4v) is 3.79. The molecule has 0 radical (unpaired) electrons. The van der Waals surface area contributed by atoms with Crippen LogP contribution in [0.4, 0.5) is 0 Å². The van der Waals surface area contributed by atoms with Crippen molar-refractivity contribution in [2.45, 2.75) is 32.4 Å². The molecule has 1 heterocycles. The van der Waals surface area contributed by atoms with E-state index in [0.717, 1.165) is 11.8 Å². The number of rotatable bonds is 6. The van der Waals surface area contributed by atoms with Crippen molar-refractivity contribution in [3.8, 4) is 0 Å². The van der Waals surface area contributed by atoms with Crippen LogP contribution in [0.25, 0.3) is 0 Å². The Hall–Kier alpha value is -1.64. The van der Waals surface area contributed by atoms with Crippen molar-refractivity contribution in [3.05, 3.63) is 34.9 Å². The van der Waals surface area contributed by atoms with Gasteiger partial charge in [-0.25, -0.2) is 12.7 Å². The van der Waals surface area contributed by atoms with Crippen LogP contribution in [0.3, 0.4) is 0 Å². The van der Waals surface area contributed by atoms with Gasteiger partial charge in [-0.15, -0.1) is 0 Å². The van der Waals surface area contributed by atoms with E-state index < -0.39 is 33.9 Å². The van der Waals surface area contributed by atoms with Crippen molar-refractivity contribution in [1.29, 1.82) is 0 Å². The Morgan fingerprint density at radius 2 is 1.92 bits per heavy atom. The van der Waals surface area contributed by atoms with E-state index in [0.29, 0.717) is 17.9 Å². The lowest BCUT2D eigenvalue weighted by molar-refractivity contribution is -0.159. The molecule has 1 aromatic carbocycles. The molecule has 0 bridgehead atoms. The van der Waals surface area contributed by atoms with Crippen LogP contribution in [-0.4, -0.2) is 50.0 Å². The fraction of sp³-hybridized carbons (Fsp3) is 0.529. The number of benzene rings is 1. The Bertz CT molecular complexity index is 760. The highest BCUT2D eigenvalue weighted by Crippen LogP contribution is 2.21. The Labute approximate surface area is 158 Å². The van der Waals surface area contributed by atoms with E-state index in [4.69, 9.17) is 16.3 Å². The number of halogens is 1. The Balaban J connectivity index is 1.80. The third kappa shape index (κ3) is 5.69. The second-order valence-electron chi connectivity index (χ2n) is 6.32. The molecule has 1 amide bonds. The van der Waals surface area contributed by atoms with Gasteiger partial charge in [0.15, 0.2) is 6.10 Å². The topological polar surface area (TPSA) is 92.8 Å². The van der Waals surface area contributed by atoms with E-state index in [9.17, 15) is 18.0 Å². The average molecular weight is 403 g/mol. The van der Waals surface area contributed by atoms with E-state index in [1.807, 2.05) is 6.07 Å². The minimum Gasteiger partial charge on any atom is -0.452 e. The minimum atomic E-state index is -3.24. The standard InChI is InChI=1S/C17H23ClN2O5S/c1-12(16(21)19-11-14-5-3-4-6-15(14)18)25-17(22)13-7-9-20(10-8-13)26(2,23)24/h3-6,12-13H,7-11H2,1-2H3,(H,19,21). The third-order valence-corrected chi connectivity index (χ3v) is 6.00. The smallest absolute Gasteiger partial charge is 0.309 e. The number of piperidine rings is 1. The number of amides is 1. The highest BCUT2D eigenvalue weighted by atomic mass is 35.5. The highest BCUT2D eigenvalue weighted by molar-refractivity contribution is 7.88. The van der Waals surface area contributed by atoms with Crippen LogP contribution in [0.15, 0.2) is 24.3 Å². The first-order valence-corrected chi connectivity index (χ1v) is 10.6. The second kappa shape index (κ2) is 8.83. The van der Waals surface area contributed by atoms with Gasteiger partial charge in [-0.2, -0.15) is 0 Å². The maximum absolute atomic E-state index is 12.2. The number of esters is 1. The van der Waals surface area contributed by atoms with E-state index in [1.54, 1.807) is 18.2 Å². The number of hydrogen-bond acceptors (Lipinski definition) is 5. The number of nitrogens with one attached hydrogen (secondary N) is 1. The zero-order valence-electron chi connectivity index (χ0n) is 14.8. The molecule has 1 saturated heterocycles. The second-order valence-corrected chi connectivity index (χ2v) is 8.71. The number of nitrogens with zero attached hydrogens (tertiary/aromatic N) is 1. The summed E-state index contributed by atoms with van der Waals surface area (Å²) in [5, 5.41) is 3.24. The molecule has 1 aromatic rings. The van der Waals surface area contributed by atoms with Crippen LogP contribution in [0.1, 0.15) is 25.3 Å². The van der Waals surface area contributed by atoms with Crippen molar-refractivity contribution in [2.75, 3.05) is 19.3 Å². The number of carbonyl (C=O) groups excluding carboxylic acids is 2. The van der Waals surface area contributed by atoms with Crippen molar-refractivity contribution in [1.82, 2.24) is 9.62 Å². The zero-order valence-corrected chi connectivity index (χ0v) is 16.3. The molecule has 1 aliphatic rings. The largest absolute Gasteiger partial charge is 0.452 e. The summed E-state index contributed by atoms with van der Waals surface area (Å²) in [5.41, 5.74) is 0.772. The zero-order chi connectivity index (χ0) is 19.3. The van der Waals surface area contributed by atoms with Crippen LogP contribution in [0, 0.1) is 5.92 Å². The molecule has 0 saturated carbocycles.